The third-order valence-electron chi connectivity index (χ3n) is 3.74. The summed E-state index contributed by atoms with van der Waals surface area (Å²) in [5.41, 5.74) is 2.13. The minimum Gasteiger partial charge on any atom is -0.357 e. The SMILES string of the molecule is CCNC(=NCc1ncc(-c2ccccc2)[nH]1)NCCc1ncc(C)s1.I. The van der Waals surface area contributed by atoms with Crippen molar-refractivity contribution in [2.24, 2.45) is 4.99 Å². The van der Waals surface area contributed by atoms with Gasteiger partial charge in [-0.15, -0.1) is 35.3 Å². The van der Waals surface area contributed by atoms with Gasteiger partial charge >= 0.3 is 0 Å². The Hall–Kier alpha value is -1.94. The highest BCUT2D eigenvalue weighted by Gasteiger charge is 2.04. The molecule has 6 nitrogen and oxygen atoms in total. The number of nitrogens with zero attached hydrogens (tertiary/aromatic N) is 3. The van der Waals surface area contributed by atoms with E-state index in [4.69, 9.17) is 0 Å². The molecule has 0 radical (unpaired) electrons. The van der Waals surface area contributed by atoms with E-state index in [-0.39, 0.29) is 24.0 Å². The monoisotopic (exact) mass is 496 g/mol. The van der Waals surface area contributed by atoms with Gasteiger partial charge in [0.2, 0.25) is 0 Å². The third kappa shape index (κ3) is 6.62. The molecule has 0 amide bonds. The Bertz CT molecular complexity index is 843. The van der Waals surface area contributed by atoms with Gasteiger partial charge in [0.15, 0.2) is 5.96 Å². The summed E-state index contributed by atoms with van der Waals surface area (Å²) in [5, 5.41) is 7.76. The highest BCUT2D eigenvalue weighted by atomic mass is 127. The number of hydrogen-bond acceptors (Lipinski definition) is 4. The van der Waals surface area contributed by atoms with Crippen molar-refractivity contribution in [3.63, 3.8) is 0 Å². The minimum atomic E-state index is 0. The predicted octanol–water partition coefficient (Wildman–Crippen LogP) is 3.76. The lowest BCUT2D eigenvalue weighted by molar-refractivity contribution is 0.791. The number of thiazole rings is 1. The number of H-pyrrole nitrogens is 1. The average molecular weight is 496 g/mol. The number of imidazole rings is 1. The number of guanidine groups is 1. The highest BCUT2D eigenvalue weighted by Crippen LogP contribution is 2.16. The van der Waals surface area contributed by atoms with Gasteiger partial charge in [-0.2, -0.15) is 0 Å². The van der Waals surface area contributed by atoms with Crippen molar-refractivity contribution in [2.75, 3.05) is 13.1 Å². The summed E-state index contributed by atoms with van der Waals surface area (Å²) in [5.74, 6) is 1.63. The number of aryl methyl sites for hydroxylation is 1. The first kappa shape index (κ1) is 21.4. The lowest BCUT2D eigenvalue weighted by atomic mass is 10.2. The Kier molecular flexibility index (Phi) is 8.73. The molecule has 0 unspecified atom stereocenters. The van der Waals surface area contributed by atoms with Crippen LogP contribution in [0, 0.1) is 6.92 Å². The third-order valence-corrected chi connectivity index (χ3v) is 4.72. The normalized spacial score (nSPS) is 11.1. The van der Waals surface area contributed by atoms with E-state index in [1.54, 1.807) is 11.3 Å². The first-order valence-corrected chi connectivity index (χ1v) is 9.59. The number of nitrogens with one attached hydrogen (secondary N) is 3. The highest BCUT2D eigenvalue weighted by molar-refractivity contribution is 14.0. The van der Waals surface area contributed by atoms with E-state index in [1.807, 2.05) is 30.6 Å². The van der Waals surface area contributed by atoms with Crippen molar-refractivity contribution in [1.82, 2.24) is 25.6 Å². The smallest absolute Gasteiger partial charge is 0.191 e. The van der Waals surface area contributed by atoms with Crippen LogP contribution in [0.3, 0.4) is 0 Å². The van der Waals surface area contributed by atoms with Crippen LogP contribution in [0.4, 0.5) is 0 Å². The first-order valence-electron chi connectivity index (χ1n) is 8.77. The first-order chi connectivity index (χ1) is 12.7. The largest absolute Gasteiger partial charge is 0.357 e. The quantitative estimate of drug-likeness (QED) is 0.265. The summed E-state index contributed by atoms with van der Waals surface area (Å²) in [4.78, 5) is 18.0. The standard InChI is InChI=1S/C19H24N6S.HI/c1-3-20-19(21-10-9-18-23-11-14(2)26-18)24-13-17-22-12-16(25-17)15-7-5-4-6-8-15;/h4-8,11-12H,3,9-10,13H2,1-2H3,(H,22,25)(H2,20,21,24);1H. The van der Waals surface area contributed by atoms with E-state index in [1.165, 1.54) is 4.88 Å². The van der Waals surface area contributed by atoms with E-state index in [0.717, 1.165) is 47.6 Å². The predicted molar refractivity (Wildman–Crippen MR) is 123 cm³/mol. The topological polar surface area (TPSA) is 78.0 Å². The molecule has 3 rings (SSSR count). The molecule has 0 aliphatic heterocycles. The van der Waals surface area contributed by atoms with E-state index in [0.29, 0.717) is 6.54 Å². The van der Waals surface area contributed by atoms with E-state index >= 15 is 0 Å². The van der Waals surface area contributed by atoms with Crippen LogP contribution in [0.1, 0.15) is 22.6 Å². The number of rotatable bonds is 7. The van der Waals surface area contributed by atoms with Crippen LogP contribution < -0.4 is 10.6 Å². The fourth-order valence-corrected chi connectivity index (χ4v) is 3.29. The second kappa shape index (κ2) is 11.0. The summed E-state index contributed by atoms with van der Waals surface area (Å²) < 4.78 is 0. The van der Waals surface area contributed by atoms with Gasteiger partial charge in [-0.25, -0.2) is 15.0 Å². The van der Waals surface area contributed by atoms with Gasteiger partial charge in [-0.05, 0) is 19.4 Å². The van der Waals surface area contributed by atoms with E-state index in [9.17, 15) is 0 Å². The number of halogens is 1. The lowest BCUT2D eigenvalue weighted by Gasteiger charge is -2.10. The average Bonchev–Trinajstić information content (AvgIpc) is 3.29. The molecule has 1 aromatic carbocycles. The summed E-state index contributed by atoms with van der Waals surface area (Å²) >= 11 is 1.74. The van der Waals surface area contributed by atoms with Gasteiger partial charge in [-0.3, -0.25) is 0 Å². The summed E-state index contributed by atoms with van der Waals surface area (Å²) in [6.07, 6.45) is 4.66. The maximum atomic E-state index is 4.61. The minimum absolute atomic E-state index is 0. The van der Waals surface area contributed by atoms with Crippen LogP contribution in [0.15, 0.2) is 47.7 Å². The number of aromatic amines is 1. The zero-order valence-corrected chi connectivity index (χ0v) is 18.7. The molecule has 0 saturated heterocycles. The van der Waals surface area contributed by atoms with E-state index in [2.05, 4.69) is 56.6 Å². The van der Waals surface area contributed by atoms with Gasteiger partial charge in [0.1, 0.15) is 12.4 Å². The molecule has 2 aromatic heterocycles. The molecule has 27 heavy (non-hydrogen) atoms. The van der Waals surface area contributed by atoms with Gasteiger partial charge in [0.25, 0.3) is 0 Å². The van der Waals surface area contributed by atoms with Crippen LogP contribution in [0.2, 0.25) is 0 Å². The van der Waals surface area contributed by atoms with Crippen molar-refractivity contribution in [1.29, 1.82) is 0 Å². The Morgan fingerprint density at radius 1 is 1.15 bits per heavy atom. The molecule has 0 aliphatic carbocycles. The Morgan fingerprint density at radius 3 is 2.67 bits per heavy atom. The second-order valence-corrected chi connectivity index (χ2v) is 7.17. The Labute approximate surface area is 181 Å². The van der Waals surface area contributed by atoms with Crippen LogP contribution in [-0.2, 0) is 13.0 Å². The summed E-state index contributed by atoms with van der Waals surface area (Å²) in [6.45, 7) is 6.25. The van der Waals surface area contributed by atoms with Gasteiger partial charge in [-0.1, -0.05) is 30.3 Å². The molecule has 0 spiro atoms. The van der Waals surface area contributed by atoms with Crippen molar-refractivity contribution in [3.8, 4) is 11.3 Å². The number of hydrogen-bond donors (Lipinski definition) is 3. The van der Waals surface area contributed by atoms with Crippen LogP contribution in [0.25, 0.3) is 11.3 Å². The number of aromatic nitrogens is 3. The molecule has 144 valence electrons. The molecular formula is C19H25IN6S. The molecule has 2 heterocycles. The van der Waals surface area contributed by atoms with Crippen molar-refractivity contribution < 1.29 is 0 Å². The van der Waals surface area contributed by atoms with Crippen LogP contribution in [-0.4, -0.2) is 34.0 Å². The Morgan fingerprint density at radius 2 is 1.96 bits per heavy atom. The van der Waals surface area contributed by atoms with Gasteiger partial charge in [0.05, 0.1) is 16.9 Å². The maximum Gasteiger partial charge on any atom is 0.191 e. The van der Waals surface area contributed by atoms with Crippen molar-refractivity contribution >= 4 is 41.3 Å². The summed E-state index contributed by atoms with van der Waals surface area (Å²) in [7, 11) is 0. The lowest BCUT2D eigenvalue weighted by Crippen LogP contribution is -2.38. The zero-order valence-electron chi connectivity index (χ0n) is 15.5. The van der Waals surface area contributed by atoms with Gasteiger partial charge in [0, 0.05) is 30.6 Å². The molecule has 0 fully saturated rings. The molecule has 0 saturated carbocycles. The summed E-state index contributed by atoms with van der Waals surface area (Å²) in [6, 6.07) is 10.2. The van der Waals surface area contributed by atoms with Gasteiger partial charge < -0.3 is 15.6 Å². The fraction of sp³-hybridized carbons (Fsp3) is 0.316. The molecular weight excluding hydrogens is 471 g/mol. The molecule has 8 heteroatoms. The second-order valence-electron chi connectivity index (χ2n) is 5.85. The molecule has 0 atom stereocenters. The van der Waals surface area contributed by atoms with Crippen molar-refractivity contribution in [2.45, 2.75) is 26.8 Å². The number of aliphatic imine (C=N–C) groups is 1. The number of benzene rings is 1. The van der Waals surface area contributed by atoms with Crippen molar-refractivity contribution in [3.05, 3.63) is 58.4 Å². The zero-order chi connectivity index (χ0) is 18.2. The van der Waals surface area contributed by atoms with Crippen LogP contribution in [0.5, 0.6) is 0 Å². The maximum absolute atomic E-state index is 4.61. The van der Waals surface area contributed by atoms with Crippen LogP contribution >= 0.6 is 35.3 Å². The molecule has 3 aromatic rings. The Balaban J connectivity index is 0.00000261. The molecule has 0 bridgehead atoms. The molecule has 3 N–H and O–H groups in total. The fourth-order valence-electron chi connectivity index (χ4n) is 2.51. The molecule has 0 aliphatic rings. The van der Waals surface area contributed by atoms with E-state index < -0.39 is 0 Å².